The van der Waals surface area contributed by atoms with Gasteiger partial charge in [-0.3, -0.25) is 9.59 Å². The standard InChI is InChI=1S/C20H21FN2O2/c1-2-14-6-8-17(9-7-14)23-11-10-18(20(23)25)19(24)22-13-15-4-3-5-16(21)12-15/h3-9,12,18H,2,10-11,13H2,1H3,(H,22,24). The number of hydrogen-bond donors (Lipinski definition) is 1. The van der Waals surface area contributed by atoms with Crippen LogP contribution < -0.4 is 10.2 Å². The SMILES string of the molecule is CCc1ccc(N2CCC(C(=O)NCc3cccc(F)c3)C2=O)cc1. The highest BCUT2D eigenvalue weighted by Gasteiger charge is 2.37. The number of aryl methyl sites for hydroxylation is 1. The minimum atomic E-state index is -0.681. The first-order valence-electron chi connectivity index (χ1n) is 8.51. The molecule has 1 atom stereocenters. The minimum absolute atomic E-state index is 0.180. The van der Waals surface area contributed by atoms with E-state index in [4.69, 9.17) is 0 Å². The Morgan fingerprint density at radius 2 is 1.96 bits per heavy atom. The minimum Gasteiger partial charge on any atom is -0.351 e. The molecule has 2 aromatic rings. The Labute approximate surface area is 146 Å². The number of rotatable bonds is 5. The van der Waals surface area contributed by atoms with Crippen molar-refractivity contribution in [3.05, 3.63) is 65.5 Å². The lowest BCUT2D eigenvalue weighted by Gasteiger charge is -2.17. The topological polar surface area (TPSA) is 49.4 Å². The maximum Gasteiger partial charge on any atom is 0.239 e. The second kappa shape index (κ2) is 7.47. The number of benzene rings is 2. The zero-order valence-electron chi connectivity index (χ0n) is 14.2. The van der Waals surface area contributed by atoms with Crippen LogP contribution in [-0.2, 0) is 22.6 Å². The first-order chi connectivity index (χ1) is 12.1. The monoisotopic (exact) mass is 340 g/mol. The number of nitrogens with one attached hydrogen (secondary N) is 1. The second-order valence-electron chi connectivity index (χ2n) is 6.20. The van der Waals surface area contributed by atoms with Crippen molar-refractivity contribution in [1.82, 2.24) is 5.32 Å². The Balaban J connectivity index is 1.61. The van der Waals surface area contributed by atoms with E-state index in [1.54, 1.807) is 17.0 Å². The molecule has 130 valence electrons. The van der Waals surface area contributed by atoms with Gasteiger partial charge in [-0.15, -0.1) is 0 Å². The van der Waals surface area contributed by atoms with E-state index in [1.165, 1.54) is 17.7 Å². The average Bonchev–Trinajstić information content (AvgIpc) is 3.01. The quantitative estimate of drug-likeness (QED) is 0.851. The lowest BCUT2D eigenvalue weighted by atomic mass is 10.1. The van der Waals surface area contributed by atoms with Gasteiger partial charge in [-0.1, -0.05) is 31.2 Å². The van der Waals surface area contributed by atoms with Crippen molar-refractivity contribution in [2.45, 2.75) is 26.3 Å². The Morgan fingerprint density at radius 1 is 1.20 bits per heavy atom. The van der Waals surface area contributed by atoms with Gasteiger partial charge in [0, 0.05) is 18.8 Å². The van der Waals surface area contributed by atoms with Gasteiger partial charge in [-0.2, -0.15) is 0 Å². The van der Waals surface area contributed by atoms with Gasteiger partial charge in [0.15, 0.2) is 0 Å². The molecule has 0 saturated carbocycles. The van der Waals surface area contributed by atoms with Crippen molar-refractivity contribution in [2.75, 3.05) is 11.4 Å². The molecule has 4 nitrogen and oxygen atoms in total. The van der Waals surface area contributed by atoms with Crippen LogP contribution >= 0.6 is 0 Å². The van der Waals surface area contributed by atoms with Gasteiger partial charge in [0.05, 0.1) is 0 Å². The molecule has 25 heavy (non-hydrogen) atoms. The molecule has 0 aliphatic carbocycles. The van der Waals surface area contributed by atoms with Gasteiger partial charge in [0.2, 0.25) is 11.8 Å². The molecule has 1 aliphatic heterocycles. The van der Waals surface area contributed by atoms with Crippen LogP contribution in [0, 0.1) is 11.7 Å². The van der Waals surface area contributed by atoms with E-state index >= 15 is 0 Å². The molecule has 2 amide bonds. The summed E-state index contributed by atoms with van der Waals surface area (Å²) in [5, 5.41) is 2.74. The summed E-state index contributed by atoms with van der Waals surface area (Å²) in [5.41, 5.74) is 2.70. The van der Waals surface area contributed by atoms with Crippen LogP contribution in [0.2, 0.25) is 0 Å². The van der Waals surface area contributed by atoms with Gasteiger partial charge in [-0.05, 0) is 48.2 Å². The van der Waals surface area contributed by atoms with Crippen LogP contribution in [0.4, 0.5) is 10.1 Å². The van der Waals surface area contributed by atoms with Gasteiger partial charge >= 0.3 is 0 Å². The van der Waals surface area contributed by atoms with Crippen LogP contribution in [0.5, 0.6) is 0 Å². The molecule has 1 saturated heterocycles. The number of nitrogens with zero attached hydrogens (tertiary/aromatic N) is 1. The fourth-order valence-corrected chi connectivity index (χ4v) is 3.05. The molecular formula is C20H21FN2O2. The van der Waals surface area contributed by atoms with Gasteiger partial charge in [0.1, 0.15) is 11.7 Å². The van der Waals surface area contributed by atoms with Gasteiger partial charge in [0.25, 0.3) is 0 Å². The molecule has 1 N–H and O–H groups in total. The molecule has 0 aromatic heterocycles. The van der Waals surface area contributed by atoms with E-state index in [0.717, 1.165) is 12.1 Å². The van der Waals surface area contributed by atoms with Crippen molar-refractivity contribution >= 4 is 17.5 Å². The molecule has 0 spiro atoms. The summed E-state index contributed by atoms with van der Waals surface area (Å²) in [6.07, 6.45) is 1.43. The summed E-state index contributed by atoms with van der Waals surface area (Å²) in [7, 11) is 0. The Hall–Kier alpha value is -2.69. The summed E-state index contributed by atoms with van der Waals surface area (Å²) < 4.78 is 13.2. The van der Waals surface area contributed by atoms with Crippen LogP contribution in [0.1, 0.15) is 24.5 Å². The van der Waals surface area contributed by atoms with Gasteiger partial charge in [-0.25, -0.2) is 4.39 Å². The number of amides is 2. The molecule has 2 aromatic carbocycles. The van der Waals surface area contributed by atoms with Crippen molar-refractivity contribution in [3.8, 4) is 0 Å². The summed E-state index contributed by atoms with van der Waals surface area (Å²) in [4.78, 5) is 26.6. The van der Waals surface area contributed by atoms with Gasteiger partial charge < -0.3 is 10.2 Å². The molecule has 1 fully saturated rings. The van der Waals surface area contributed by atoms with Crippen LogP contribution in [0.25, 0.3) is 0 Å². The molecule has 3 rings (SSSR count). The smallest absolute Gasteiger partial charge is 0.239 e. The third-order valence-corrected chi connectivity index (χ3v) is 4.53. The highest BCUT2D eigenvalue weighted by Crippen LogP contribution is 2.26. The number of carbonyl (C=O) groups is 2. The highest BCUT2D eigenvalue weighted by molar-refractivity contribution is 6.09. The van der Waals surface area contributed by atoms with Crippen LogP contribution in [0.3, 0.4) is 0 Å². The largest absolute Gasteiger partial charge is 0.351 e. The van der Waals surface area contributed by atoms with Crippen molar-refractivity contribution in [2.24, 2.45) is 5.92 Å². The summed E-state index contributed by atoms with van der Waals surface area (Å²) in [5.74, 6) is -1.51. The van der Waals surface area contributed by atoms with E-state index in [2.05, 4.69) is 12.2 Å². The van der Waals surface area contributed by atoms with E-state index in [1.807, 2.05) is 24.3 Å². The van der Waals surface area contributed by atoms with E-state index in [9.17, 15) is 14.0 Å². The maximum atomic E-state index is 13.2. The molecule has 1 heterocycles. The summed E-state index contributed by atoms with van der Waals surface area (Å²) in [6, 6.07) is 13.9. The van der Waals surface area contributed by atoms with E-state index < -0.39 is 5.92 Å². The zero-order valence-corrected chi connectivity index (χ0v) is 14.2. The predicted octanol–water partition coefficient (Wildman–Crippen LogP) is 3.06. The predicted molar refractivity (Wildman–Crippen MR) is 94.5 cm³/mol. The molecular weight excluding hydrogens is 319 g/mol. The molecule has 5 heteroatoms. The second-order valence-corrected chi connectivity index (χ2v) is 6.20. The fourth-order valence-electron chi connectivity index (χ4n) is 3.05. The fraction of sp³-hybridized carbons (Fsp3) is 0.300. The summed E-state index contributed by atoms with van der Waals surface area (Å²) >= 11 is 0. The van der Waals surface area contributed by atoms with Crippen molar-refractivity contribution in [3.63, 3.8) is 0 Å². The normalized spacial score (nSPS) is 17.0. The Bertz CT molecular complexity index is 774. The van der Waals surface area contributed by atoms with Crippen LogP contribution in [-0.4, -0.2) is 18.4 Å². The number of carbonyl (C=O) groups excluding carboxylic acids is 2. The lowest BCUT2D eigenvalue weighted by molar-refractivity contribution is -0.132. The number of halogens is 1. The molecule has 1 unspecified atom stereocenters. The Kier molecular flexibility index (Phi) is 5.12. The number of anilines is 1. The van der Waals surface area contributed by atoms with E-state index in [0.29, 0.717) is 18.5 Å². The average molecular weight is 340 g/mol. The molecule has 0 bridgehead atoms. The summed E-state index contributed by atoms with van der Waals surface area (Å²) in [6.45, 7) is 2.82. The van der Waals surface area contributed by atoms with Crippen molar-refractivity contribution < 1.29 is 14.0 Å². The first-order valence-corrected chi connectivity index (χ1v) is 8.51. The molecule has 1 aliphatic rings. The molecule has 0 radical (unpaired) electrons. The van der Waals surface area contributed by atoms with Crippen LogP contribution in [0.15, 0.2) is 48.5 Å². The Morgan fingerprint density at radius 3 is 2.64 bits per heavy atom. The number of hydrogen-bond acceptors (Lipinski definition) is 2. The van der Waals surface area contributed by atoms with Crippen molar-refractivity contribution in [1.29, 1.82) is 0 Å². The third-order valence-electron chi connectivity index (χ3n) is 4.53. The first kappa shape index (κ1) is 17.1. The maximum absolute atomic E-state index is 13.2. The van der Waals surface area contributed by atoms with E-state index in [-0.39, 0.29) is 24.2 Å². The third kappa shape index (κ3) is 3.87. The lowest BCUT2D eigenvalue weighted by Crippen LogP contribution is -2.36. The highest BCUT2D eigenvalue weighted by atomic mass is 19.1. The zero-order chi connectivity index (χ0) is 17.8.